The molecule has 0 atom stereocenters. The number of hydrogen-bond donors (Lipinski definition) is 1. The van der Waals surface area contributed by atoms with Crippen molar-refractivity contribution in [2.24, 2.45) is 0 Å². The molecule has 6 rings (SSSR count). The van der Waals surface area contributed by atoms with Gasteiger partial charge in [-0.25, -0.2) is 4.79 Å². The lowest BCUT2D eigenvalue weighted by Crippen LogP contribution is -2.47. The summed E-state index contributed by atoms with van der Waals surface area (Å²) in [5.74, 6) is 1.27. The average Bonchev–Trinajstić information content (AvgIpc) is 3.14. The Balaban J connectivity index is 1.14. The van der Waals surface area contributed by atoms with Crippen molar-refractivity contribution >= 4 is 28.6 Å². The van der Waals surface area contributed by atoms with Gasteiger partial charge in [-0.15, -0.1) is 0 Å². The number of ether oxygens (including phenoxy) is 1. The summed E-state index contributed by atoms with van der Waals surface area (Å²) in [6.07, 6.45) is 6.16. The van der Waals surface area contributed by atoms with Gasteiger partial charge in [0.25, 0.3) is 5.56 Å². The maximum absolute atomic E-state index is 13.0. The Morgan fingerprint density at radius 1 is 1.05 bits per heavy atom. The molecule has 3 aliphatic rings. The first-order valence-corrected chi connectivity index (χ1v) is 15.4. The van der Waals surface area contributed by atoms with Crippen LogP contribution in [0.25, 0.3) is 16.6 Å². The Bertz CT molecular complexity index is 1540. The molecule has 0 spiro atoms. The van der Waals surface area contributed by atoms with Gasteiger partial charge < -0.3 is 15.0 Å². The molecule has 1 amide bonds. The number of fused-ring (bicyclic) bond motifs is 5. The third kappa shape index (κ3) is 5.27. The van der Waals surface area contributed by atoms with Crippen molar-refractivity contribution in [3.05, 3.63) is 68.7 Å². The normalized spacial score (nSPS) is 22.8. The van der Waals surface area contributed by atoms with Crippen molar-refractivity contribution in [3.63, 3.8) is 0 Å². The van der Waals surface area contributed by atoms with Gasteiger partial charge in [0.2, 0.25) is 0 Å². The number of rotatable bonds is 3. The van der Waals surface area contributed by atoms with Crippen molar-refractivity contribution in [2.45, 2.75) is 102 Å². The molecule has 41 heavy (non-hydrogen) atoms. The van der Waals surface area contributed by atoms with E-state index in [1.165, 1.54) is 11.1 Å². The minimum Gasteiger partial charge on any atom is -0.444 e. The zero-order valence-electron chi connectivity index (χ0n) is 24.8. The van der Waals surface area contributed by atoms with E-state index in [0.717, 1.165) is 68.6 Å². The number of amides is 1. The molecule has 0 radical (unpaired) electrons. The number of benzene rings is 2. The number of piperidine rings is 1. The van der Waals surface area contributed by atoms with E-state index in [4.69, 9.17) is 16.3 Å². The molecule has 1 saturated heterocycles. The molecule has 3 aromatic rings. The average molecular weight is 577 g/mol. The van der Waals surface area contributed by atoms with Crippen molar-refractivity contribution in [2.75, 3.05) is 13.1 Å². The monoisotopic (exact) mass is 576 g/mol. The second kappa shape index (κ2) is 10.4. The highest BCUT2D eigenvalue weighted by atomic mass is 35.5. The summed E-state index contributed by atoms with van der Waals surface area (Å²) in [5, 5.41) is 3.99. The molecule has 1 N–H and O–H groups in total. The summed E-state index contributed by atoms with van der Waals surface area (Å²) in [4.78, 5) is 32.3. The molecule has 218 valence electrons. The molecule has 2 aromatic carbocycles. The molecular formula is C33H41ClN4O3. The standard InChI is InChI=1S/C33H41ClN4O3/c1-32(2,3)41-31(40)35-22-10-12-23(13-11-22)37-17-15-20(16-18-37)21-9-14-24-27(19-21)38-26-8-6-7-25(34)28(26)29(39)36-30(38)33(24,4)5/h6-9,14,19-20,22-23H,10-13,15-18H2,1-5H3,(H,35,40). The lowest BCUT2D eigenvalue weighted by Gasteiger charge is -2.41. The molecule has 8 heteroatoms. The number of aromatic nitrogens is 2. The highest BCUT2D eigenvalue weighted by molar-refractivity contribution is 6.35. The van der Waals surface area contributed by atoms with E-state index in [1.807, 2.05) is 32.9 Å². The summed E-state index contributed by atoms with van der Waals surface area (Å²) in [6.45, 7) is 12.1. The zero-order valence-corrected chi connectivity index (χ0v) is 25.6. The number of hydrogen-bond acceptors (Lipinski definition) is 5. The van der Waals surface area contributed by atoms with Crippen LogP contribution in [0.3, 0.4) is 0 Å². The van der Waals surface area contributed by atoms with Crippen LogP contribution in [0.4, 0.5) is 4.79 Å². The predicted octanol–water partition coefficient (Wildman–Crippen LogP) is 6.69. The molecule has 1 saturated carbocycles. The second-order valence-corrected chi connectivity index (χ2v) is 14.0. The second-order valence-electron chi connectivity index (χ2n) is 13.6. The van der Waals surface area contributed by atoms with Gasteiger partial charge in [-0.2, -0.15) is 4.98 Å². The first-order valence-electron chi connectivity index (χ1n) is 15.0. The molecule has 1 aliphatic carbocycles. The van der Waals surface area contributed by atoms with Crippen LogP contribution in [-0.2, 0) is 10.2 Å². The lowest BCUT2D eigenvalue weighted by molar-refractivity contribution is 0.0470. The van der Waals surface area contributed by atoms with Crippen LogP contribution in [0.15, 0.2) is 41.2 Å². The maximum atomic E-state index is 13.0. The van der Waals surface area contributed by atoms with E-state index >= 15 is 0 Å². The van der Waals surface area contributed by atoms with Gasteiger partial charge in [0.1, 0.15) is 11.4 Å². The summed E-state index contributed by atoms with van der Waals surface area (Å²) in [5.41, 5.74) is 3.37. The Kier molecular flexibility index (Phi) is 7.18. The molecule has 1 aromatic heterocycles. The molecule has 0 unspecified atom stereocenters. The molecule has 2 fully saturated rings. The van der Waals surface area contributed by atoms with Crippen LogP contribution in [-0.4, -0.2) is 51.3 Å². The predicted molar refractivity (Wildman–Crippen MR) is 163 cm³/mol. The minimum atomic E-state index is -0.471. The minimum absolute atomic E-state index is 0.202. The smallest absolute Gasteiger partial charge is 0.407 e. The van der Waals surface area contributed by atoms with Gasteiger partial charge in [-0.05, 0) is 121 Å². The van der Waals surface area contributed by atoms with Crippen molar-refractivity contribution in [3.8, 4) is 5.69 Å². The first kappa shape index (κ1) is 28.2. The molecule has 3 heterocycles. The number of likely N-dealkylation sites (tertiary alicyclic amines) is 1. The van der Waals surface area contributed by atoms with E-state index in [9.17, 15) is 9.59 Å². The topological polar surface area (TPSA) is 76.5 Å². The van der Waals surface area contributed by atoms with E-state index in [0.29, 0.717) is 22.4 Å². The van der Waals surface area contributed by atoms with Gasteiger partial charge >= 0.3 is 6.09 Å². The zero-order chi connectivity index (χ0) is 29.1. The van der Waals surface area contributed by atoms with Crippen LogP contribution < -0.4 is 10.9 Å². The Hall–Kier alpha value is -2.90. The van der Waals surface area contributed by atoms with Crippen LogP contribution in [0, 0.1) is 0 Å². The van der Waals surface area contributed by atoms with Gasteiger partial charge in [-0.3, -0.25) is 9.36 Å². The Morgan fingerprint density at radius 2 is 1.76 bits per heavy atom. The molecule has 7 nitrogen and oxygen atoms in total. The molecule has 0 bridgehead atoms. The number of alkyl carbamates (subject to hydrolysis) is 1. The quantitative estimate of drug-likeness (QED) is 0.376. The third-order valence-corrected chi connectivity index (χ3v) is 9.61. The van der Waals surface area contributed by atoms with Crippen molar-refractivity contribution in [1.82, 2.24) is 19.8 Å². The summed E-state index contributed by atoms with van der Waals surface area (Å²) in [6, 6.07) is 13.3. The van der Waals surface area contributed by atoms with Crippen LogP contribution in [0.5, 0.6) is 0 Å². The van der Waals surface area contributed by atoms with Gasteiger partial charge in [-0.1, -0.05) is 29.8 Å². The van der Waals surface area contributed by atoms with Gasteiger partial charge in [0.05, 0.1) is 27.0 Å². The number of carbonyl (C=O) groups is 1. The highest BCUT2D eigenvalue weighted by Gasteiger charge is 2.39. The fraction of sp³-hybridized carbons (Fsp3) is 0.545. The van der Waals surface area contributed by atoms with Gasteiger partial charge in [0, 0.05) is 12.1 Å². The summed E-state index contributed by atoms with van der Waals surface area (Å²) < 4.78 is 7.60. The van der Waals surface area contributed by atoms with E-state index in [-0.39, 0.29) is 23.1 Å². The largest absolute Gasteiger partial charge is 0.444 e. The number of nitrogens with zero attached hydrogens (tertiary/aromatic N) is 3. The van der Waals surface area contributed by atoms with Crippen molar-refractivity contribution < 1.29 is 9.53 Å². The third-order valence-electron chi connectivity index (χ3n) is 9.30. The van der Waals surface area contributed by atoms with E-state index in [2.05, 4.69) is 51.8 Å². The number of nitrogens with one attached hydrogen (secondary N) is 1. The number of halogens is 1. The van der Waals surface area contributed by atoms with Crippen LogP contribution in [0.1, 0.15) is 96.0 Å². The van der Waals surface area contributed by atoms with Crippen LogP contribution >= 0.6 is 11.6 Å². The van der Waals surface area contributed by atoms with E-state index < -0.39 is 5.60 Å². The molecule has 2 aliphatic heterocycles. The fourth-order valence-corrected chi connectivity index (χ4v) is 7.43. The summed E-state index contributed by atoms with van der Waals surface area (Å²) in [7, 11) is 0. The first-order chi connectivity index (χ1) is 19.4. The van der Waals surface area contributed by atoms with Crippen molar-refractivity contribution in [1.29, 1.82) is 0 Å². The van der Waals surface area contributed by atoms with Gasteiger partial charge in [0.15, 0.2) is 0 Å². The fourth-order valence-electron chi connectivity index (χ4n) is 7.18. The molecular weight excluding hydrogens is 536 g/mol. The Morgan fingerprint density at radius 3 is 2.44 bits per heavy atom. The van der Waals surface area contributed by atoms with E-state index in [1.54, 1.807) is 6.07 Å². The summed E-state index contributed by atoms with van der Waals surface area (Å²) >= 11 is 6.46. The highest BCUT2D eigenvalue weighted by Crippen LogP contribution is 2.45. The SMILES string of the molecule is CC(C)(C)OC(=O)NC1CCC(N2CCC(c3ccc4c(c3)-n3c(nc(=O)c5c(Cl)cccc53)C4(C)C)CC2)CC1. The van der Waals surface area contributed by atoms with Crippen LogP contribution in [0.2, 0.25) is 5.02 Å². The Labute approximate surface area is 247 Å². The number of carbonyl (C=O) groups excluding carboxylic acids is 1. The maximum Gasteiger partial charge on any atom is 0.407 e. The lowest BCUT2D eigenvalue weighted by atomic mass is 9.82.